The van der Waals surface area contributed by atoms with E-state index in [1.807, 2.05) is 0 Å². The number of likely N-dealkylation sites (N-methyl/N-ethyl adjacent to an activating group) is 1. The van der Waals surface area contributed by atoms with Crippen LogP contribution < -0.4 is 11.1 Å². The number of hydrogen-bond donors (Lipinski definition) is 2. The first-order chi connectivity index (χ1) is 8.19. The minimum Gasteiger partial charge on any atom is -0.444 e. The summed E-state index contributed by atoms with van der Waals surface area (Å²) >= 11 is 0. The SMILES string of the molecule is CN(C(=O)OC(C)(C)C)C(CCCCO)C(=[N])N. The number of aliphatic hydroxyl groups excluding tert-OH is 1. The van der Waals surface area contributed by atoms with E-state index < -0.39 is 17.7 Å². The van der Waals surface area contributed by atoms with Gasteiger partial charge in [-0.15, -0.1) is 5.41 Å². The molecule has 0 aromatic carbocycles. The van der Waals surface area contributed by atoms with Gasteiger partial charge in [-0.2, -0.15) is 0 Å². The quantitative estimate of drug-likeness (QED) is 0.413. The normalized spacial score (nSPS) is 12.9. The number of rotatable bonds is 6. The Morgan fingerprint density at radius 1 is 1.44 bits per heavy atom. The fraction of sp³-hybridized carbons (Fsp3) is 0.833. The molecule has 18 heavy (non-hydrogen) atoms. The Hall–Kier alpha value is -1.30. The highest BCUT2D eigenvalue weighted by molar-refractivity contribution is 5.87. The molecular weight excluding hydrogens is 234 g/mol. The molecule has 0 heterocycles. The predicted octanol–water partition coefficient (Wildman–Crippen LogP) is 0.542. The Kier molecular flexibility index (Phi) is 6.68. The summed E-state index contributed by atoms with van der Waals surface area (Å²) in [7, 11) is 1.53. The van der Waals surface area contributed by atoms with Gasteiger partial charge in [0, 0.05) is 13.7 Å². The van der Waals surface area contributed by atoms with Crippen LogP contribution in [-0.2, 0) is 4.74 Å². The molecule has 105 valence electrons. The summed E-state index contributed by atoms with van der Waals surface area (Å²) in [5.74, 6) is -0.318. The van der Waals surface area contributed by atoms with Crippen LogP contribution in [0.1, 0.15) is 40.0 Å². The Balaban J connectivity index is 4.51. The van der Waals surface area contributed by atoms with Gasteiger partial charge in [0.2, 0.25) is 0 Å². The van der Waals surface area contributed by atoms with Crippen LogP contribution in [0.2, 0.25) is 0 Å². The van der Waals surface area contributed by atoms with Gasteiger partial charge in [-0.1, -0.05) is 0 Å². The van der Waals surface area contributed by atoms with Crippen LogP contribution in [0, 0.1) is 0 Å². The third-order valence-corrected chi connectivity index (χ3v) is 2.38. The maximum Gasteiger partial charge on any atom is 0.410 e. The van der Waals surface area contributed by atoms with Gasteiger partial charge in [0.15, 0.2) is 0 Å². The maximum atomic E-state index is 11.8. The van der Waals surface area contributed by atoms with E-state index in [9.17, 15) is 10.2 Å². The molecule has 0 aliphatic heterocycles. The third-order valence-electron chi connectivity index (χ3n) is 2.38. The van der Waals surface area contributed by atoms with E-state index in [1.165, 1.54) is 11.9 Å². The van der Waals surface area contributed by atoms with E-state index in [0.717, 1.165) is 0 Å². The largest absolute Gasteiger partial charge is 0.444 e. The van der Waals surface area contributed by atoms with Gasteiger partial charge in [-0.05, 0) is 40.0 Å². The molecule has 3 N–H and O–H groups in total. The summed E-state index contributed by atoms with van der Waals surface area (Å²) in [6.45, 7) is 5.39. The van der Waals surface area contributed by atoms with Crippen LogP contribution in [0.3, 0.4) is 0 Å². The Morgan fingerprint density at radius 2 is 2.00 bits per heavy atom. The van der Waals surface area contributed by atoms with Gasteiger partial charge in [0.05, 0.1) is 6.04 Å². The number of unbranched alkanes of at least 4 members (excludes halogenated alkanes) is 1. The molecule has 0 aromatic rings. The molecule has 1 amide bonds. The van der Waals surface area contributed by atoms with E-state index in [0.29, 0.717) is 19.3 Å². The van der Waals surface area contributed by atoms with E-state index in [1.54, 1.807) is 20.8 Å². The lowest BCUT2D eigenvalue weighted by Gasteiger charge is -2.29. The standard InChI is InChI=1S/C12H24N3O3/c1-12(2,3)18-11(17)15(4)9(10(13)14)7-5-6-8-16/h9,16H,5-8,13H2,1-4H3. The Labute approximate surface area is 109 Å². The molecule has 0 saturated carbocycles. The van der Waals surface area contributed by atoms with Crippen molar-refractivity contribution >= 4 is 11.9 Å². The number of amidine groups is 1. The maximum absolute atomic E-state index is 11.8. The molecule has 0 aromatic heterocycles. The van der Waals surface area contributed by atoms with E-state index in [4.69, 9.17) is 15.6 Å². The second kappa shape index (κ2) is 7.20. The van der Waals surface area contributed by atoms with Gasteiger partial charge in [0.25, 0.3) is 0 Å². The lowest BCUT2D eigenvalue weighted by atomic mass is 10.1. The predicted molar refractivity (Wildman–Crippen MR) is 70.1 cm³/mol. The summed E-state index contributed by atoms with van der Waals surface area (Å²) < 4.78 is 5.19. The Morgan fingerprint density at radius 3 is 2.39 bits per heavy atom. The second-order valence-electron chi connectivity index (χ2n) is 5.25. The number of carbonyl (C=O) groups excluding carboxylic acids is 1. The summed E-state index contributed by atoms with van der Waals surface area (Å²) in [6, 6.07) is -0.591. The molecule has 1 radical (unpaired) electrons. The second-order valence-corrected chi connectivity index (χ2v) is 5.25. The van der Waals surface area contributed by atoms with Crippen LogP contribution in [0.4, 0.5) is 4.79 Å². The van der Waals surface area contributed by atoms with Gasteiger partial charge >= 0.3 is 6.09 Å². The van der Waals surface area contributed by atoms with Gasteiger partial charge in [0.1, 0.15) is 11.4 Å². The number of carbonyl (C=O) groups is 1. The molecule has 1 atom stereocenters. The van der Waals surface area contributed by atoms with Crippen LogP contribution >= 0.6 is 0 Å². The van der Waals surface area contributed by atoms with Crippen molar-refractivity contribution in [1.29, 1.82) is 0 Å². The number of aliphatic hydroxyl groups is 1. The average Bonchev–Trinajstić information content (AvgIpc) is 2.20. The van der Waals surface area contributed by atoms with Crippen molar-refractivity contribution in [3.63, 3.8) is 0 Å². The van der Waals surface area contributed by atoms with Crippen molar-refractivity contribution in [1.82, 2.24) is 10.3 Å². The molecule has 6 heteroatoms. The van der Waals surface area contributed by atoms with E-state index in [-0.39, 0.29) is 12.4 Å². The zero-order valence-electron chi connectivity index (χ0n) is 11.6. The molecule has 0 fully saturated rings. The van der Waals surface area contributed by atoms with Crippen molar-refractivity contribution in [3.05, 3.63) is 0 Å². The zero-order chi connectivity index (χ0) is 14.3. The summed E-state index contributed by atoms with van der Waals surface area (Å²) in [5, 5.41) is 18.1. The fourth-order valence-corrected chi connectivity index (χ4v) is 1.45. The number of amides is 1. The number of nitrogens with two attached hydrogens (primary N) is 1. The van der Waals surface area contributed by atoms with Gasteiger partial charge < -0.3 is 20.5 Å². The fourth-order valence-electron chi connectivity index (χ4n) is 1.45. The molecule has 1 unspecified atom stereocenters. The number of nitrogens with zero attached hydrogens (tertiary/aromatic N) is 2. The lowest BCUT2D eigenvalue weighted by Crippen LogP contribution is -2.47. The summed E-state index contributed by atoms with van der Waals surface area (Å²) in [4.78, 5) is 13.1. The topological polar surface area (TPSA) is 98.1 Å². The van der Waals surface area contributed by atoms with Crippen LogP contribution in [0.15, 0.2) is 0 Å². The van der Waals surface area contributed by atoms with Crippen molar-refractivity contribution in [2.75, 3.05) is 13.7 Å². The molecule has 0 saturated heterocycles. The Bertz CT molecular complexity index is 287. The van der Waals surface area contributed by atoms with Crippen molar-refractivity contribution < 1.29 is 14.6 Å². The van der Waals surface area contributed by atoms with Gasteiger partial charge in [-0.3, -0.25) is 0 Å². The minimum absolute atomic E-state index is 0.0776. The number of ether oxygens (including phenoxy) is 1. The molecule has 0 aliphatic rings. The average molecular weight is 258 g/mol. The number of hydrogen-bond acceptors (Lipinski definition) is 3. The summed E-state index contributed by atoms with van der Waals surface area (Å²) in [5.41, 5.74) is 4.79. The van der Waals surface area contributed by atoms with E-state index >= 15 is 0 Å². The van der Waals surface area contributed by atoms with Gasteiger partial charge in [-0.25, -0.2) is 4.79 Å². The first-order valence-corrected chi connectivity index (χ1v) is 6.07. The zero-order valence-corrected chi connectivity index (χ0v) is 11.6. The highest BCUT2D eigenvalue weighted by atomic mass is 16.6. The highest BCUT2D eigenvalue weighted by Gasteiger charge is 2.27. The van der Waals surface area contributed by atoms with Crippen molar-refractivity contribution in [2.24, 2.45) is 5.73 Å². The van der Waals surface area contributed by atoms with Crippen molar-refractivity contribution in [3.8, 4) is 0 Å². The molecular formula is C12H24N3O3. The minimum atomic E-state index is -0.592. The van der Waals surface area contributed by atoms with Crippen LogP contribution in [0.5, 0.6) is 0 Å². The first kappa shape index (κ1) is 16.7. The van der Waals surface area contributed by atoms with Crippen LogP contribution in [-0.4, -0.2) is 47.2 Å². The molecule has 0 aliphatic carbocycles. The molecule has 6 nitrogen and oxygen atoms in total. The van der Waals surface area contributed by atoms with Crippen molar-refractivity contribution in [2.45, 2.75) is 51.7 Å². The molecule has 0 spiro atoms. The third kappa shape index (κ3) is 6.44. The molecule has 0 rings (SSSR count). The van der Waals surface area contributed by atoms with E-state index in [2.05, 4.69) is 0 Å². The molecule has 0 bridgehead atoms. The monoisotopic (exact) mass is 258 g/mol. The smallest absolute Gasteiger partial charge is 0.410 e. The highest BCUT2D eigenvalue weighted by Crippen LogP contribution is 2.13. The first-order valence-electron chi connectivity index (χ1n) is 6.07. The van der Waals surface area contributed by atoms with Crippen LogP contribution in [0.25, 0.3) is 0 Å². The summed E-state index contributed by atoms with van der Waals surface area (Å²) in [6.07, 6.45) is 1.22. The lowest BCUT2D eigenvalue weighted by molar-refractivity contribution is 0.0259.